The van der Waals surface area contributed by atoms with Gasteiger partial charge in [-0.15, -0.1) is 0 Å². The van der Waals surface area contributed by atoms with Crippen LogP contribution in [0.1, 0.15) is 34.0 Å². The Morgan fingerprint density at radius 1 is 1.04 bits per heavy atom. The first-order chi connectivity index (χ1) is 10.9. The summed E-state index contributed by atoms with van der Waals surface area (Å²) < 4.78 is 38.6. The summed E-state index contributed by atoms with van der Waals surface area (Å²) in [7, 11) is 0. The molecule has 2 N–H and O–H groups in total. The van der Waals surface area contributed by atoms with Gasteiger partial charge in [-0.3, -0.25) is 4.79 Å². The van der Waals surface area contributed by atoms with Gasteiger partial charge in [0.2, 0.25) is 0 Å². The van der Waals surface area contributed by atoms with Gasteiger partial charge in [-0.25, -0.2) is 0 Å². The standard InChI is InChI=1S/C17H16F3NO2/c18-17(19,20)14-9-5-4-8-13(14)16(23)21-11-10-15(22)12-6-2-1-3-7-12/h1-9,15,22H,10-11H2,(H,21,23)/t15-/m0/s1. The molecule has 0 fully saturated rings. The molecule has 2 rings (SSSR count). The number of carbonyl (C=O) groups is 1. The van der Waals surface area contributed by atoms with Crippen LogP contribution in [0.15, 0.2) is 54.6 Å². The van der Waals surface area contributed by atoms with Crippen molar-refractivity contribution in [2.24, 2.45) is 0 Å². The molecule has 0 heterocycles. The van der Waals surface area contributed by atoms with E-state index < -0.39 is 29.3 Å². The number of benzene rings is 2. The second-order valence-electron chi connectivity index (χ2n) is 5.01. The molecule has 0 spiro atoms. The molecule has 3 nitrogen and oxygen atoms in total. The first-order valence-electron chi connectivity index (χ1n) is 7.07. The molecule has 0 bridgehead atoms. The van der Waals surface area contributed by atoms with Gasteiger partial charge in [0.15, 0.2) is 0 Å². The lowest BCUT2D eigenvalue weighted by Gasteiger charge is -2.14. The van der Waals surface area contributed by atoms with Crippen molar-refractivity contribution in [3.8, 4) is 0 Å². The molecule has 23 heavy (non-hydrogen) atoms. The first-order valence-corrected chi connectivity index (χ1v) is 7.07. The number of alkyl halides is 3. The van der Waals surface area contributed by atoms with Crippen LogP contribution in [-0.4, -0.2) is 17.6 Å². The van der Waals surface area contributed by atoms with E-state index in [0.717, 1.165) is 12.1 Å². The van der Waals surface area contributed by atoms with Crippen molar-refractivity contribution in [2.45, 2.75) is 18.7 Å². The normalized spacial score (nSPS) is 12.7. The average molecular weight is 323 g/mol. The Morgan fingerprint density at radius 3 is 2.30 bits per heavy atom. The van der Waals surface area contributed by atoms with Crippen LogP contribution in [0.25, 0.3) is 0 Å². The Hall–Kier alpha value is -2.34. The van der Waals surface area contributed by atoms with Crippen molar-refractivity contribution in [3.63, 3.8) is 0 Å². The monoisotopic (exact) mass is 323 g/mol. The van der Waals surface area contributed by atoms with Crippen molar-refractivity contribution in [3.05, 3.63) is 71.3 Å². The number of aliphatic hydroxyl groups is 1. The maximum absolute atomic E-state index is 12.9. The topological polar surface area (TPSA) is 49.3 Å². The Morgan fingerprint density at radius 2 is 1.65 bits per heavy atom. The zero-order valence-corrected chi connectivity index (χ0v) is 12.2. The van der Waals surface area contributed by atoms with Crippen molar-refractivity contribution in [1.29, 1.82) is 0 Å². The van der Waals surface area contributed by atoms with Crippen LogP contribution in [0.5, 0.6) is 0 Å². The molecule has 122 valence electrons. The summed E-state index contributed by atoms with van der Waals surface area (Å²) in [6.07, 6.45) is -5.16. The predicted octanol–water partition coefficient (Wildman–Crippen LogP) is 3.56. The fourth-order valence-corrected chi connectivity index (χ4v) is 2.19. The third kappa shape index (κ3) is 4.56. The summed E-state index contributed by atoms with van der Waals surface area (Å²) in [5.74, 6) is -0.807. The summed E-state index contributed by atoms with van der Waals surface area (Å²) >= 11 is 0. The summed E-state index contributed by atoms with van der Waals surface area (Å²) in [6, 6.07) is 13.5. The Kier molecular flexibility index (Phi) is 5.39. The smallest absolute Gasteiger partial charge is 0.388 e. The highest BCUT2D eigenvalue weighted by Gasteiger charge is 2.34. The average Bonchev–Trinajstić information content (AvgIpc) is 2.54. The molecule has 2 aromatic rings. The number of rotatable bonds is 5. The Labute approximate surface area is 131 Å². The molecular weight excluding hydrogens is 307 g/mol. The molecule has 0 saturated heterocycles. The second kappa shape index (κ2) is 7.28. The number of amides is 1. The summed E-state index contributed by atoms with van der Waals surface area (Å²) in [4.78, 5) is 11.9. The van der Waals surface area contributed by atoms with Gasteiger partial charge in [-0.05, 0) is 24.1 Å². The van der Waals surface area contributed by atoms with Crippen LogP contribution in [0, 0.1) is 0 Å². The minimum Gasteiger partial charge on any atom is -0.388 e. The van der Waals surface area contributed by atoms with Gasteiger partial charge in [0, 0.05) is 6.54 Å². The van der Waals surface area contributed by atoms with E-state index in [0.29, 0.717) is 5.56 Å². The molecule has 0 aliphatic carbocycles. The first kappa shape index (κ1) is 17.0. The predicted molar refractivity (Wildman–Crippen MR) is 79.8 cm³/mol. The van der Waals surface area contributed by atoms with Crippen molar-refractivity contribution < 1.29 is 23.1 Å². The Balaban J connectivity index is 1.96. The van der Waals surface area contributed by atoms with E-state index in [4.69, 9.17) is 0 Å². The number of halogens is 3. The van der Waals surface area contributed by atoms with Crippen LogP contribution in [-0.2, 0) is 6.18 Å². The summed E-state index contributed by atoms with van der Waals surface area (Å²) in [6.45, 7) is 0.0705. The number of carbonyl (C=O) groups excluding carboxylic acids is 1. The van der Waals surface area contributed by atoms with Gasteiger partial charge < -0.3 is 10.4 Å². The minimum atomic E-state index is -4.59. The lowest BCUT2D eigenvalue weighted by Crippen LogP contribution is -2.28. The fourth-order valence-electron chi connectivity index (χ4n) is 2.19. The van der Waals surface area contributed by atoms with E-state index in [1.54, 1.807) is 24.3 Å². The van der Waals surface area contributed by atoms with Gasteiger partial charge >= 0.3 is 6.18 Å². The van der Waals surface area contributed by atoms with E-state index in [1.165, 1.54) is 12.1 Å². The quantitative estimate of drug-likeness (QED) is 0.884. The largest absolute Gasteiger partial charge is 0.417 e. The van der Waals surface area contributed by atoms with E-state index in [1.807, 2.05) is 6.07 Å². The number of nitrogens with one attached hydrogen (secondary N) is 1. The molecule has 1 amide bonds. The van der Waals surface area contributed by atoms with Crippen LogP contribution in [0.4, 0.5) is 13.2 Å². The van der Waals surface area contributed by atoms with Crippen molar-refractivity contribution in [2.75, 3.05) is 6.54 Å². The van der Waals surface area contributed by atoms with E-state index in [9.17, 15) is 23.1 Å². The van der Waals surface area contributed by atoms with Crippen molar-refractivity contribution >= 4 is 5.91 Å². The maximum atomic E-state index is 12.9. The summed E-state index contributed by atoms with van der Waals surface area (Å²) in [5.41, 5.74) is -0.701. The third-order valence-electron chi connectivity index (χ3n) is 3.36. The zero-order chi connectivity index (χ0) is 16.9. The molecule has 0 aliphatic heterocycles. The molecule has 0 radical (unpaired) electrons. The van der Waals surface area contributed by atoms with Gasteiger partial charge in [-0.1, -0.05) is 42.5 Å². The van der Waals surface area contributed by atoms with E-state index >= 15 is 0 Å². The molecule has 0 aliphatic rings. The second-order valence-corrected chi connectivity index (χ2v) is 5.01. The Bertz CT molecular complexity index is 656. The number of hydrogen-bond donors (Lipinski definition) is 2. The van der Waals surface area contributed by atoms with Crippen LogP contribution in [0.3, 0.4) is 0 Å². The SMILES string of the molecule is O=C(NCC[C@H](O)c1ccccc1)c1ccccc1C(F)(F)F. The molecule has 1 atom stereocenters. The fraction of sp³-hybridized carbons (Fsp3) is 0.235. The molecule has 6 heteroatoms. The molecule has 0 saturated carbocycles. The molecule has 2 aromatic carbocycles. The van der Waals surface area contributed by atoms with Gasteiger partial charge in [0.05, 0.1) is 17.2 Å². The highest BCUT2D eigenvalue weighted by Crippen LogP contribution is 2.31. The molecular formula is C17H16F3NO2. The number of hydrogen-bond acceptors (Lipinski definition) is 2. The van der Waals surface area contributed by atoms with Gasteiger partial charge in [0.25, 0.3) is 5.91 Å². The summed E-state index contributed by atoms with van der Waals surface area (Å²) in [5, 5.41) is 12.4. The lowest BCUT2D eigenvalue weighted by molar-refractivity contribution is -0.137. The van der Waals surface area contributed by atoms with Gasteiger partial charge in [-0.2, -0.15) is 13.2 Å². The van der Waals surface area contributed by atoms with Crippen LogP contribution < -0.4 is 5.32 Å². The van der Waals surface area contributed by atoms with E-state index in [-0.39, 0.29) is 13.0 Å². The minimum absolute atomic E-state index is 0.0705. The van der Waals surface area contributed by atoms with E-state index in [2.05, 4.69) is 5.32 Å². The molecule has 0 unspecified atom stereocenters. The maximum Gasteiger partial charge on any atom is 0.417 e. The zero-order valence-electron chi connectivity index (χ0n) is 12.2. The van der Waals surface area contributed by atoms with Crippen LogP contribution in [0.2, 0.25) is 0 Å². The highest BCUT2D eigenvalue weighted by atomic mass is 19.4. The third-order valence-corrected chi connectivity index (χ3v) is 3.36. The number of aliphatic hydroxyl groups excluding tert-OH is 1. The van der Waals surface area contributed by atoms with Crippen molar-refractivity contribution in [1.82, 2.24) is 5.32 Å². The lowest BCUT2D eigenvalue weighted by atomic mass is 10.1. The molecule has 0 aromatic heterocycles. The van der Waals surface area contributed by atoms with Gasteiger partial charge in [0.1, 0.15) is 0 Å². The van der Waals surface area contributed by atoms with Crippen LogP contribution >= 0.6 is 0 Å². The highest BCUT2D eigenvalue weighted by molar-refractivity contribution is 5.95.